The van der Waals surface area contributed by atoms with Crippen molar-refractivity contribution in [3.8, 4) is 89.0 Å². The predicted octanol–water partition coefficient (Wildman–Crippen LogP) is 27.8. The van der Waals surface area contributed by atoms with Gasteiger partial charge in [0.2, 0.25) is 0 Å². The number of esters is 1. The van der Waals surface area contributed by atoms with Crippen molar-refractivity contribution in [3.05, 3.63) is 431 Å². The van der Waals surface area contributed by atoms with Crippen LogP contribution in [-0.4, -0.2) is 91.8 Å². The molecule has 0 bridgehead atoms. The Bertz CT molecular complexity index is 8050. The SMILES string of the molecule is COC(=O)Cc1ccc(-c2cn(C(c3ccccc3)c3ccccn3)c3cc(-c4c(C)noc4C)cnc23)cc1.Cc1ccc(-c2cn(C(c3ccccc3)c3ccccn3)c3cc(-c4c(C)noc4C)cnc23)cc1.Cc1ccc(-c2cn([C@@H](C)c3ccccn3)c3cc(-c4c(C)noc4C)cnc23)cc1.Cc1ccc(-c2cn([C@H](c3ccccn3)C3CCCC3)c3cc(-c4c(C)noc4C)cnc23)cc1. The van der Waals surface area contributed by atoms with Crippen molar-refractivity contribution in [3.63, 3.8) is 0 Å². The predicted molar refractivity (Wildman–Crippen MR) is 559 cm³/mol. The molecule has 22 nitrogen and oxygen atoms in total. The zero-order valence-corrected chi connectivity index (χ0v) is 81.7. The van der Waals surface area contributed by atoms with E-state index in [1.165, 1.54) is 55.0 Å². The fourth-order valence-electron chi connectivity index (χ4n) is 20.2. The van der Waals surface area contributed by atoms with Gasteiger partial charge in [0.25, 0.3) is 0 Å². The summed E-state index contributed by atoms with van der Waals surface area (Å²) in [6.07, 6.45) is 29.2. The van der Waals surface area contributed by atoms with Crippen molar-refractivity contribution in [2.24, 2.45) is 5.92 Å². The fourth-order valence-corrected chi connectivity index (χ4v) is 20.2. The summed E-state index contributed by atoms with van der Waals surface area (Å²) < 4.78 is 35.9. The maximum absolute atomic E-state index is 11.8. The van der Waals surface area contributed by atoms with E-state index in [9.17, 15) is 4.79 Å². The lowest BCUT2D eigenvalue weighted by atomic mass is 9.94. The Hall–Kier alpha value is -17.0. The number of carbonyl (C=O) groups is 1. The van der Waals surface area contributed by atoms with Crippen LogP contribution in [0.4, 0.5) is 0 Å². The van der Waals surface area contributed by atoms with Crippen molar-refractivity contribution in [1.82, 2.24) is 78.8 Å². The summed E-state index contributed by atoms with van der Waals surface area (Å²) in [5, 5.41) is 16.6. The van der Waals surface area contributed by atoms with Crippen LogP contribution in [0, 0.1) is 82.1 Å². The zero-order chi connectivity index (χ0) is 97.8. The molecule has 23 rings (SSSR count). The molecule has 0 radical (unpaired) electrons. The first-order valence-electron chi connectivity index (χ1n) is 48.1. The molecule has 0 amide bonds. The van der Waals surface area contributed by atoms with E-state index < -0.39 is 0 Å². The summed E-state index contributed by atoms with van der Waals surface area (Å²) in [6, 6.07) is 87.9. The fraction of sp³-hybridized carbons (Fsp3) is 0.192. The van der Waals surface area contributed by atoms with Gasteiger partial charge in [-0.3, -0.25) is 44.7 Å². The highest BCUT2D eigenvalue weighted by Gasteiger charge is 2.34. The molecule has 2 unspecified atom stereocenters. The number of aromatic nitrogens is 16. The van der Waals surface area contributed by atoms with Gasteiger partial charge in [0.1, 0.15) is 35.1 Å². The highest BCUT2D eigenvalue weighted by atomic mass is 16.5. The standard InChI is InChI=1S/C33H28N4O3.C31H26N4O.C30H30N4O.C26H24N4O/c1-21-31(22(2)40-36-21)26-18-29-32(35-19-26)27(24-14-12-23(13-15-24)17-30(38)39-3)20-37(29)33(25-9-5-4-6-10-25)28-11-7-8-16-34-28;1-20-12-14-23(15-13-20)26-19-35(31(24-9-5-4-6-10-24)27-11-7-8-16-32-27)28-17-25(18-33-30(26)28)29-21(2)34-36-22(29)3;1-19-11-13-22(14-12-19)25-18-34(30(23-8-4-5-9-23)26-10-6-7-15-31-26)27-16-24(17-32-29(25)27)28-20(2)33-35-21(28)3;1-16-8-10-20(11-9-16)22-15-30(18(3)23-7-5-6-12-27-23)24-13-21(14-28-26(22)24)25-17(2)29-31-19(25)4/h4-16,18-20,33H,17H2,1-3H3;4-19,31H,1-3H3;6-7,10-18,23,30H,4-5,8-9H2,1-3H3;5-15,18H,1-4H3/t;;30-;18-/m..00/s1. The molecule has 16 aromatic heterocycles. The average molecular weight is 1870 g/mol. The van der Waals surface area contributed by atoms with E-state index >= 15 is 0 Å². The number of methoxy groups -OCH3 is 1. The van der Waals surface area contributed by atoms with Crippen LogP contribution in [0.2, 0.25) is 0 Å². The number of nitrogens with zero attached hydrogens (tertiary/aromatic N) is 16. The lowest BCUT2D eigenvalue weighted by molar-refractivity contribution is -0.139. The first-order chi connectivity index (χ1) is 69.2. The number of fused-ring (bicyclic) bond motifs is 4. The molecule has 1 saturated carbocycles. The van der Waals surface area contributed by atoms with Crippen molar-refractivity contribution >= 4 is 50.1 Å². The average Bonchev–Trinajstić information content (AvgIpc) is 1.61. The lowest BCUT2D eigenvalue weighted by Gasteiger charge is -2.26. The molecule has 0 saturated heterocycles. The van der Waals surface area contributed by atoms with Crippen molar-refractivity contribution < 1.29 is 27.6 Å². The number of hydrogen-bond acceptors (Lipinski definition) is 18. The molecule has 0 spiro atoms. The molecule has 22 heteroatoms. The number of rotatable bonds is 21. The molecule has 0 N–H and O–H groups in total. The van der Waals surface area contributed by atoms with E-state index in [0.29, 0.717) is 5.92 Å². The topological polar surface area (TPSA) is 253 Å². The lowest BCUT2D eigenvalue weighted by Crippen LogP contribution is -2.19. The van der Waals surface area contributed by atoms with Crippen LogP contribution < -0.4 is 0 Å². The van der Waals surface area contributed by atoms with Crippen molar-refractivity contribution in [2.75, 3.05) is 7.11 Å². The van der Waals surface area contributed by atoms with Crippen LogP contribution >= 0.6 is 0 Å². The third kappa shape index (κ3) is 18.8. The third-order valence-electron chi connectivity index (χ3n) is 27.3. The Morgan fingerprint density at radius 3 is 0.944 bits per heavy atom. The van der Waals surface area contributed by atoms with Crippen LogP contribution in [0.25, 0.3) is 133 Å². The van der Waals surface area contributed by atoms with Crippen LogP contribution in [0.3, 0.4) is 0 Å². The summed E-state index contributed by atoms with van der Waals surface area (Å²) in [7, 11) is 1.40. The molecule has 6 aromatic carbocycles. The Balaban J connectivity index is 0.000000116. The highest BCUT2D eigenvalue weighted by molar-refractivity contribution is 5.99. The number of carbonyl (C=O) groups excluding carboxylic acids is 1. The van der Waals surface area contributed by atoms with Gasteiger partial charge >= 0.3 is 5.97 Å². The van der Waals surface area contributed by atoms with Crippen LogP contribution in [-0.2, 0) is 16.0 Å². The number of benzene rings is 6. The number of ether oxygens (including phenoxy) is 1. The van der Waals surface area contributed by atoms with Gasteiger partial charge in [-0.05, 0) is 214 Å². The van der Waals surface area contributed by atoms with Crippen molar-refractivity contribution in [1.29, 1.82) is 0 Å². The minimum absolute atomic E-state index is 0.0598. The molecule has 142 heavy (non-hydrogen) atoms. The quantitative estimate of drug-likeness (QED) is 0.0606. The van der Waals surface area contributed by atoms with Crippen LogP contribution in [0.15, 0.2) is 347 Å². The van der Waals surface area contributed by atoms with Gasteiger partial charge in [0.15, 0.2) is 0 Å². The Kier molecular flexibility index (Phi) is 26.5. The van der Waals surface area contributed by atoms with Gasteiger partial charge < -0.3 is 41.1 Å². The third-order valence-corrected chi connectivity index (χ3v) is 27.3. The van der Waals surface area contributed by atoms with Gasteiger partial charge in [-0.2, -0.15) is 0 Å². The Morgan fingerprint density at radius 1 is 0.331 bits per heavy atom. The normalized spacial score (nSPS) is 12.9. The molecule has 16 heterocycles. The molecule has 1 aliphatic carbocycles. The first-order valence-corrected chi connectivity index (χ1v) is 48.1. The molecular formula is C120H108N16O6. The summed E-state index contributed by atoms with van der Waals surface area (Å²) in [4.78, 5) is 50.7. The second kappa shape index (κ2) is 40.6. The largest absolute Gasteiger partial charge is 0.469 e. The second-order valence-corrected chi connectivity index (χ2v) is 36.8. The Morgan fingerprint density at radius 2 is 0.627 bits per heavy atom. The van der Waals surface area contributed by atoms with Gasteiger partial charge in [-0.1, -0.05) is 232 Å². The number of pyridine rings is 8. The number of hydrogen-bond donors (Lipinski definition) is 0. The zero-order valence-electron chi connectivity index (χ0n) is 81.7. The van der Waals surface area contributed by atoms with Gasteiger partial charge in [0, 0.05) is 141 Å². The molecule has 1 aliphatic rings. The molecule has 22 aromatic rings. The van der Waals surface area contributed by atoms with Gasteiger partial charge in [0.05, 0.1) is 115 Å². The summed E-state index contributed by atoms with van der Waals surface area (Å²) in [5.41, 5.74) is 39.1. The minimum Gasteiger partial charge on any atom is -0.469 e. The molecule has 1 fully saturated rings. The van der Waals surface area contributed by atoms with E-state index in [0.717, 1.165) is 213 Å². The van der Waals surface area contributed by atoms with Gasteiger partial charge in [-0.15, -0.1) is 0 Å². The maximum Gasteiger partial charge on any atom is 0.309 e. The van der Waals surface area contributed by atoms with E-state index in [1.54, 1.807) is 0 Å². The van der Waals surface area contributed by atoms with Crippen molar-refractivity contribution in [2.45, 2.75) is 139 Å². The summed E-state index contributed by atoms with van der Waals surface area (Å²) in [6.45, 7) is 24.1. The first kappa shape index (κ1) is 92.7. The molecular weight excluding hydrogens is 1760 g/mol. The second-order valence-electron chi connectivity index (χ2n) is 36.8. The minimum atomic E-state index is -0.265. The molecule has 704 valence electrons. The van der Waals surface area contributed by atoms with E-state index in [4.69, 9.17) is 57.7 Å². The van der Waals surface area contributed by atoms with Crippen LogP contribution in [0.5, 0.6) is 0 Å². The maximum atomic E-state index is 11.8. The molecule has 0 aliphatic heterocycles. The van der Waals surface area contributed by atoms with Gasteiger partial charge in [-0.25, -0.2) is 0 Å². The summed E-state index contributed by atoms with van der Waals surface area (Å²) >= 11 is 0. The Labute approximate surface area is 823 Å². The van der Waals surface area contributed by atoms with Crippen LogP contribution in [0.1, 0.15) is 159 Å². The monoisotopic (exact) mass is 1870 g/mol. The molecule has 4 atom stereocenters. The van der Waals surface area contributed by atoms with E-state index in [-0.39, 0.29) is 36.6 Å². The van der Waals surface area contributed by atoms with E-state index in [2.05, 4.69) is 260 Å². The number of aryl methyl sites for hydroxylation is 11. The highest BCUT2D eigenvalue weighted by Crippen LogP contribution is 2.47. The summed E-state index contributed by atoms with van der Waals surface area (Å²) in [5.74, 6) is 3.44. The smallest absolute Gasteiger partial charge is 0.309 e. The van der Waals surface area contributed by atoms with E-state index in [1.807, 2.05) is 196 Å².